The van der Waals surface area contributed by atoms with Crippen molar-refractivity contribution in [3.63, 3.8) is 0 Å². The van der Waals surface area contributed by atoms with Gasteiger partial charge >= 0.3 is 0 Å². The summed E-state index contributed by atoms with van der Waals surface area (Å²) in [6.07, 6.45) is -2.66. The van der Waals surface area contributed by atoms with Gasteiger partial charge < -0.3 is 25.7 Å². The predicted molar refractivity (Wildman–Crippen MR) is 62.1 cm³/mol. The van der Waals surface area contributed by atoms with E-state index in [1.807, 2.05) is 13.8 Å². The van der Waals surface area contributed by atoms with Crippen molar-refractivity contribution < 1.29 is 25.2 Å². The summed E-state index contributed by atoms with van der Waals surface area (Å²) in [6, 6.07) is -0.792. The van der Waals surface area contributed by atoms with E-state index >= 15 is 0 Å². The summed E-state index contributed by atoms with van der Waals surface area (Å²) in [6.45, 7) is 4.15. The molecule has 0 aliphatic heterocycles. The minimum atomic E-state index is -1.35. The molecule has 102 valence electrons. The van der Waals surface area contributed by atoms with Crippen LogP contribution in [0.5, 0.6) is 0 Å². The minimum absolute atomic E-state index is 0.0115. The zero-order chi connectivity index (χ0) is 13.6. The van der Waals surface area contributed by atoms with Gasteiger partial charge in [0.05, 0.1) is 12.6 Å². The molecule has 0 aliphatic carbocycles. The lowest BCUT2D eigenvalue weighted by atomic mass is 9.84. The third kappa shape index (κ3) is 4.99. The first-order chi connectivity index (χ1) is 7.84. The van der Waals surface area contributed by atoms with E-state index in [-0.39, 0.29) is 18.4 Å². The topological polar surface area (TPSA) is 110 Å². The molecule has 17 heavy (non-hydrogen) atoms. The van der Waals surface area contributed by atoms with Gasteiger partial charge in [0.15, 0.2) is 0 Å². The van der Waals surface area contributed by atoms with Crippen LogP contribution in [0.4, 0.5) is 0 Å². The first kappa shape index (κ1) is 16.3. The van der Waals surface area contributed by atoms with Gasteiger partial charge in [-0.15, -0.1) is 0 Å². The van der Waals surface area contributed by atoms with Crippen LogP contribution < -0.4 is 5.32 Å². The fourth-order valence-corrected chi connectivity index (χ4v) is 1.77. The first-order valence-electron chi connectivity index (χ1n) is 5.70. The van der Waals surface area contributed by atoms with Crippen molar-refractivity contribution in [1.82, 2.24) is 5.32 Å². The Labute approximate surface area is 101 Å². The van der Waals surface area contributed by atoms with Gasteiger partial charge in [0, 0.05) is 19.4 Å². The highest BCUT2D eigenvalue weighted by molar-refractivity contribution is 5.73. The predicted octanol–water partition coefficient (Wildman–Crippen LogP) is -1.53. The van der Waals surface area contributed by atoms with Crippen LogP contribution >= 0.6 is 0 Å². The molecule has 0 rings (SSSR count). The zero-order valence-electron chi connectivity index (χ0n) is 10.5. The second kappa shape index (κ2) is 7.60. The first-order valence-corrected chi connectivity index (χ1v) is 5.70. The summed E-state index contributed by atoms with van der Waals surface area (Å²) in [7, 11) is 0. The molecule has 0 aromatic carbocycles. The number of rotatable bonds is 7. The smallest absolute Gasteiger partial charge is 0.217 e. The van der Waals surface area contributed by atoms with Crippen LogP contribution in [0, 0.1) is 11.8 Å². The summed E-state index contributed by atoms with van der Waals surface area (Å²) >= 11 is 0. The maximum atomic E-state index is 11.1. The quantitative estimate of drug-likeness (QED) is 0.376. The van der Waals surface area contributed by atoms with Crippen molar-refractivity contribution in [2.75, 3.05) is 13.2 Å². The van der Waals surface area contributed by atoms with Crippen molar-refractivity contribution >= 4 is 5.91 Å². The molecule has 6 heteroatoms. The Bertz CT molecular complexity index is 234. The number of hydrogen-bond acceptors (Lipinski definition) is 5. The molecular formula is C11H23NO5. The van der Waals surface area contributed by atoms with Gasteiger partial charge in [0.2, 0.25) is 5.91 Å². The van der Waals surface area contributed by atoms with E-state index in [9.17, 15) is 20.1 Å². The maximum Gasteiger partial charge on any atom is 0.217 e. The molecule has 0 heterocycles. The number of aliphatic hydroxyl groups excluding tert-OH is 4. The fourth-order valence-electron chi connectivity index (χ4n) is 1.77. The SMILES string of the molecule is CC(=O)NC(C(O)C(O)CO)C(CO)C(C)C. The summed E-state index contributed by atoms with van der Waals surface area (Å²) < 4.78 is 0. The molecule has 1 amide bonds. The van der Waals surface area contributed by atoms with Crippen LogP contribution in [0.3, 0.4) is 0 Å². The molecule has 0 aliphatic rings. The molecule has 0 aromatic rings. The molecule has 0 radical (unpaired) electrons. The summed E-state index contributed by atoms with van der Waals surface area (Å²) in [5.41, 5.74) is 0. The molecule has 0 saturated heterocycles. The number of nitrogens with one attached hydrogen (secondary N) is 1. The second-order valence-corrected chi connectivity index (χ2v) is 4.56. The lowest BCUT2D eigenvalue weighted by Gasteiger charge is -2.34. The van der Waals surface area contributed by atoms with Gasteiger partial charge in [-0.1, -0.05) is 13.8 Å². The Hall–Kier alpha value is -0.690. The molecule has 4 atom stereocenters. The van der Waals surface area contributed by atoms with Crippen LogP contribution in [0.25, 0.3) is 0 Å². The number of hydrogen-bond donors (Lipinski definition) is 5. The van der Waals surface area contributed by atoms with Crippen LogP contribution in [0.15, 0.2) is 0 Å². The molecule has 0 aromatic heterocycles. The molecule has 0 fully saturated rings. The van der Waals surface area contributed by atoms with E-state index in [1.54, 1.807) is 0 Å². The van der Waals surface area contributed by atoms with E-state index < -0.39 is 30.8 Å². The maximum absolute atomic E-state index is 11.1. The fraction of sp³-hybridized carbons (Fsp3) is 0.909. The monoisotopic (exact) mass is 249 g/mol. The van der Waals surface area contributed by atoms with Crippen molar-refractivity contribution in [2.45, 2.75) is 39.0 Å². The molecule has 5 N–H and O–H groups in total. The molecule has 0 bridgehead atoms. The normalized spacial score (nSPS) is 18.6. The van der Waals surface area contributed by atoms with Gasteiger partial charge in [-0.05, 0) is 5.92 Å². The van der Waals surface area contributed by atoms with Crippen molar-refractivity contribution in [3.05, 3.63) is 0 Å². The van der Waals surface area contributed by atoms with Gasteiger partial charge in [-0.25, -0.2) is 0 Å². The highest BCUT2D eigenvalue weighted by Crippen LogP contribution is 2.19. The molecule has 0 spiro atoms. The average molecular weight is 249 g/mol. The molecule has 4 unspecified atom stereocenters. The standard InChI is InChI=1S/C11H23NO5/c1-6(2)8(4-13)10(12-7(3)15)11(17)9(16)5-14/h6,8-11,13-14,16-17H,4-5H2,1-3H3,(H,12,15). The van der Waals surface area contributed by atoms with Crippen LogP contribution in [0.2, 0.25) is 0 Å². The molecule has 6 nitrogen and oxygen atoms in total. The number of carbonyl (C=O) groups excluding carboxylic acids is 1. The lowest BCUT2D eigenvalue weighted by Crippen LogP contribution is -2.55. The van der Waals surface area contributed by atoms with Gasteiger partial charge in [0.25, 0.3) is 0 Å². The summed E-state index contributed by atoms with van der Waals surface area (Å²) in [5.74, 6) is -0.745. The van der Waals surface area contributed by atoms with Crippen molar-refractivity contribution in [1.29, 1.82) is 0 Å². The highest BCUT2D eigenvalue weighted by Gasteiger charge is 2.34. The van der Waals surface area contributed by atoms with E-state index in [1.165, 1.54) is 6.92 Å². The Balaban J connectivity index is 4.89. The lowest BCUT2D eigenvalue weighted by molar-refractivity contribution is -0.123. The van der Waals surface area contributed by atoms with Crippen LogP contribution in [0.1, 0.15) is 20.8 Å². The zero-order valence-corrected chi connectivity index (χ0v) is 10.5. The van der Waals surface area contributed by atoms with E-state index in [0.29, 0.717) is 0 Å². The average Bonchev–Trinajstić information content (AvgIpc) is 2.25. The second-order valence-electron chi connectivity index (χ2n) is 4.56. The Morgan fingerprint density at radius 1 is 1.18 bits per heavy atom. The van der Waals surface area contributed by atoms with Crippen LogP contribution in [-0.2, 0) is 4.79 Å². The van der Waals surface area contributed by atoms with Crippen molar-refractivity contribution in [2.24, 2.45) is 11.8 Å². The third-order valence-corrected chi connectivity index (χ3v) is 2.85. The largest absolute Gasteiger partial charge is 0.396 e. The van der Waals surface area contributed by atoms with Gasteiger partial charge in [-0.3, -0.25) is 4.79 Å². The number of amides is 1. The summed E-state index contributed by atoms with van der Waals surface area (Å²) in [5, 5.41) is 39.8. The Morgan fingerprint density at radius 3 is 2.00 bits per heavy atom. The van der Waals surface area contributed by atoms with Crippen LogP contribution in [-0.4, -0.2) is 57.8 Å². The summed E-state index contributed by atoms with van der Waals surface area (Å²) in [4.78, 5) is 11.1. The van der Waals surface area contributed by atoms with Gasteiger partial charge in [-0.2, -0.15) is 0 Å². The minimum Gasteiger partial charge on any atom is -0.396 e. The number of aliphatic hydroxyl groups is 4. The molecule has 0 saturated carbocycles. The van der Waals surface area contributed by atoms with Crippen molar-refractivity contribution in [3.8, 4) is 0 Å². The third-order valence-electron chi connectivity index (χ3n) is 2.85. The Kier molecular flexibility index (Phi) is 7.29. The van der Waals surface area contributed by atoms with Gasteiger partial charge in [0.1, 0.15) is 12.2 Å². The Morgan fingerprint density at radius 2 is 1.71 bits per heavy atom. The van der Waals surface area contributed by atoms with E-state index in [0.717, 1.165) is 0 Å². The molecular weight excluding hydrogens is 226 g/mol. The van der Waals surface area contributed by atoms with E-state index in [4.69, 9.17) is 5.11 Å². The highest BCUT2D eigenvalue weighted by atomic mass is 16.4. The number of carbonyl (C=O) groups is 1. The van der Waals surface area contributed by atoms with E-state index in [2.05, 4.69) is 5.32 Å².